The molecule has 1 N–H and O–H groups in total. The molecule has 0 bridgehead atoms. The fourth-order valence-corrected chi connectivity index (χ4v) is 3.45. The topological polar surface area (TPSA) is 53.4 Å². The molecule has 1 aliphatic carbocycles. The molecule has 1 aromatic carbocycles. The minimum Gasteiger partial charge on any atom is -0.393 e. The Morgan fingerprint density at radius 1 is 1.33 bits per heavy atom. The van der Waals surface area contributed by atoms with Crippen molar-refractivity contribution < 1.29 is 9.90 Å². The van der Waals surface area contributed by atoms with E-state index in [2.05, 4.69) is 4.98 Å². The van der Waals surface area contributed by atoms with Crippen LogP contribution >= 0.6 is 11.6 Å². The molecule has 3 rings (SSSR count). The molecule has 1 fully saturated rings. The average Bonchev–Trinajstić information content (AvgIpc) is 3.00. The maximum absolute atomic E-state index is 12.8. The third kappa shape index (κ3) is 3.60. The summed E-state index contributed by atoms with van der Waals surface area (Å²) in [4.78, 5) is 18.8. The van der Waals surface area contributed by atoms with E-state index in [0.717, 1.165) is 30.5 Å². The smallest absolute Gasteiger partial charge is 0.255 e. The van der Waals surface area contributed by atoms with Crippen LogP contribution in [0.15, 0.2) is 42.6 Å². The van der Waals surface area contributed by atoms with Gasteiger partial charge in [0, 0.05) is 31.3 Å². The third-order valence-electron chi connectivity index (χ3n) is 4.63. The van der Waals surface area contributed by atoms with Gasteiger partial charge < -0.3 is 10.0 Å². The van der Waals surface area contributed by atoms with Gasteiger partial charge in [-0.2, -0.15) is 0 Å². The molecule has 4 nitrogen and oxygen atoms in total. The molecular weight excluding hydrogens is 324 g/mol. The SMILES string of the molecule is CN(CC1CCCC1O)C(=O)c1cc(-c2ccccn2)ccc1Cl. The van der Waals surface area contributed by atoms with Crippen molar-refractivity contribution in [3.8, 4) is 11.3 Å². The lowest BCUT2D eigenvalue weighted by molar-refractivity contribution is 0.0693. The number of aromatic nitrogens is 1. The molecule has 0 spiro atoms. The minimum absolute atomic E-state index is 0.128. The number of nitrogens with zero attached hydrogens (tertiary/aromatic N) is 2. The van der Waals surface area contributed by atoms with E-state index in [-0.39, 0.29) is 17.9 Å². The van der Waals surface area contributed by atoms with Crippen molar-refractivity contribution in [2.45, 2.75) is 25.4 Å². The lowest BCUT2D eigenvalue weighted by Gasteiger charge is -2.24. The summed E-state index contributed by atoms with van der Waals surface area (Å²) < 4.78 is 0. The van der Waals surface area contributed by atoms with E-state index in [0.29, 0.717) is 17.1 Å². The van der Waals surface area contributed by atoms with Crippen molar-refractivity contribution in [3.63, 3.8) is 0 Å². The monoisotopic (exact) mass is 344 g/mol. The van der Waals surface area contributed by atoms with Gasteiger partial charge in [0.05, 0.1) is 22.4 Å². The molecule has 1 heterocycles. The first kappa shape index (κ1) is 16.9. The highest BCUT2D eigenvalue weighted by molar-refractivity contribution is 6.34. The number of carbonyl (C=O) groups is 1. The Balaban J connectivity index is 1.81. The zero-order valence-corrected chi connectivity index (χ0v) is 14.4. The second kappa shape index (κ2) is 7.32. The van der Waals surface area contributed by atoms with Crippen LogP contribution in [0, 0.1) is 5.92 Å². The fraction of sp³-hybridized carbons (Fsp3) is 0.368. The highest BCUT2D eigenvalue weighted by Crippen LogP contribution is 2.28. The van der Waals surface area contributed by atoms with Crippen LogP contribution in [0.4, 0.5) is 0 Å². The van der Waals surface area contributed by atoms with Crippen molar-refractivity contribution in [1.82, 2.24) is 9.88 Å². The van der Waals surface area contributed by atoms with Crippen LogP contribution in [-0.2, 0) is 0 Å². The van der Waals surface area contributed by atoms with Crippen LogP contribution in [0.3, 0.4) is 0 Å². The minimum atomic E-state index is -0.310. The molecule has 0 radical (unpaired) electrons. The lowest BCUT2D eigenvalue weighted by atomic mass is 10.0. The largest absolute Gasteiger partial charge is 0.393 e. The van der Waals surface area contributed by atoms with Crippen molar-refractivity contribution in [2.24, 2.45) is 5.92 Å². The van der Waals surface area contributed by atoms with Gasteiger partial charge in [-0.25, -0.2) is 0 Å². The second-order valence-electron chi connectivity index (χ2n) is 6.35. The molecule has 1 aromatic heterocycles. The molecule has 24 heavy (non-hydrogen) atoms. The Bertz CT molecular complexity index is 721. The number of aliphatic hydroxyl groups is 1. The van der Waals surface area contributed by atoms with Crippen LogP contribution in [0.5, 0.6) is 0 Å². The summed E-state index contributed by atoms with van der Waals surface area (Å²) in [6.45, 7) is 0.546. The Morgan fingerprint density at radius 2 is 2.17 bits per heavy atom. The third-order valence-corrected chi connectivity index (χ3v) is 4.96. The summed E-state index contributed by atoms with van der Waals surface area (Å²) in [5, 5.41) is 10.4. The number of benzene rings is 1. The van der Waals surface area contributed by atoms with Crippen LogP contribution in [0.25, 0.3) is 11.3 Å². The highest BCUT2D eigenvalue weighted by Gasteiger charge is 2.28. The summed E-state index contributed by atoms with van der Waals surface area (Å²) in [5.41, 5.74) is 2.13. The quantitative estimate of drug-likeness (QED) is 0.921. The number of rotatable bonds is 4. The Labute approximate surface area is 147 Å². The Kier molecular flexibility index (Phi) is 5.17. The van der Waals surface area contributed by atoms with Crippen LogP contribution < -0.4 is 0 Å². The summed E-state index contributed by atoms with van der Waals surface area (Å²) in [5.74, 6) is 0.0218. The van der Waals surface area contributed by atoms with Gasteiger partial charge in [0.25, 0.3) is 5.91 Å². The van der Waals surface area contributed by atoms with Gasteiger partial charge in [0.2, 0.25) is 0 Å². The molecule has 2 aromatic rings. The van der Waals surface area contributed by atoms with Crippen LogP contribution in [0.2, 0.25) is 5.02 Å². The molecule has 0 saturated heterocycles. The Morgan fingerprint density at radius 3 is 2.83 bits per heavy atom. The second-order valence-corrected chi connectivity index (χ2v) is 6.76. The van der Waals surface area contributed by atoms with E-state index in [1.165, 1.54) is 0 Å². The molecule has 1 amide bonds. The number of amides is 1. The predicted octanol–water partition coefficient (Wildman–Crippen LogP) is 3.64. The van der Waals surface area contributed by atoms with E-state index in [1.54, 1.807) is 30.3 Å². The van der Waals surface area contributed by atoms with Gasteiger partial charge in [0.1, 0.15) is 0 Å². The van der Waals surface area contributed by atoms with E-state index >= 15 is 0 Å². The Hall–Kier alpha value is -1.91. The summed E-state index contributed by atoms with van der Waals surface area (Å²) in [6, 6.07) is 11.0. The summed E-state index contributed by atoms with van der Waals surface area (Å²) in [6.07, 6.45) is 4.21. The van der Waals surface area contributed by atoms with Gasteiger partial charge >= 0.3 is 0 Å². The highest BCUT2D eigenvalue weighted by atomic mass is 35.5. The first-order chi connectivity index (χ1) is 11.6. The number of halogens is 1. The summed E-state index contributed by atoms with van der Waals surface area (Å²) >= 11 is 6.25. The molecule has 5 heteroatoms. The molecule has 2 atom stereocenters. The van der Waals surface area contributed by atoms with Crippen molar-refractivity contribution in [3.05, 3.63) is 53.2 Å². The normalized spacial score (nSPS) is 20.1. The van der Waals surface area contributed by atoms with E-state index < -0.39 is 0 Å². The first-order valence-electron chi connectivity index (χ1n) is 8.20. The van der Waals surface area contributed by atoms with Gasteiger partial charge in [-0.3, -0.25) is 9.78 Å². The first-order valence-corrected chi connectivity index (χ1v) is 8.58. The number of aliphatic hydroxyl groups excluding tert-OH is 1. The average molecular weight is 345 g/mol. The van der Waals surface area contributed by atoms with Gasteiger partial charge in [0.15, 0.2) is 0 Å². The van der Waals surface area contributed by atoms with Crippen LogP contribution in [0.1, 0.15) is 29.6 Å². The zero-order valence-electron chi connectivity index (χ0n) is 13.7. The number of carbonyl (C=O) groups excluding carboxylic acids is 1. The van der Waals surface area contributed by atoms with Crippen molar-refractivity contribution in [1.29, 1.82) is 0 Å². The number of pyridine rings is 1. The fourth-order valence-electron chi connectivity index (χ4n) is 3.25. The lowest BCUT2D eigenvalue weighted by Crippen LogP contribution is -2.34. The molecule has 2 unspecified atom stereocenters. The van der Waals surface area contributed by atoms with Gasteiger partial charge in [-0.15, -0.1) is 0 Å². The van der Waals surface area contributed by atoms with E-state index in [4.69, 9.17) is 11.6 Å². The number of hydrogen-bond donors (Lipinski definition) is 1. The maximum atomic E-state index is 12.8. The van der Waals surface area contributed by atoms with Crippen molar-refractivity contribution in [2.75, 3.05) is 13.6 Å². The standard InChI is InChI=1S/C19H21ClN2O2/c1-22(12-14-5-4-7-18(14)23)19(24)15-11-13(8-9-16(15)20)17-6-2-3-10-21-17/h2-3,6,8-11,14,18,23H,4-5,7,12H2,1H3. The maximum Gasteiger partial charge on any atom is 0.255 e. The van der Waals surface area contributed by atoms with E-state index in [9.17, 15) is 9.90 Å². The van der Waals surface area contributed by atoms with Gasteiger partial charge in [-0.05, 0) is 37.1 Å². The molecule has 1 saturated carbocycles. The van der Waals surface area contributed by atoms with Gasteiger partial charge in [-0.1, -0.05) is 30.2 Å². The molecule has 1 aliphatic rings. The predicted molar refractivity (Wildman–Crippen MR) is 95.0 cm³/mol. The number of hydrogen-bond acceptors (Lipinski definition) is 3. The zero-order chi connectivity index (χ0) is 17.1. The van der Waals surface area contributed by atoms with E-state index in [1.807, 2.05) is 24.3 Å². The van der Waals surface area contributed by atoms with Crippen LogP contribution in [-0.4, -0.2) is 40.6 Å². The summed E-state index contributed by atoms with van der Waals surface area (Å²) in [7, 11) is 1.76. The van der Waals surface area contributed by atoms with Crippen molar-refractivity contribution >= 4 is 17.5 Å². The molecular formula is C19H21ClN2O2. The molecule has 0 aliphatic heterocycles. The molecule has 126 valence electrons.